The Kier molecular flexibility index (Phi) is 4.80. The Morgan fingerprint density at radius 3 is 2.38 bits per heavy atom. The van der Waals surface area contributed by atoms with Crippen LogP contribution in [0.1, 0.15) is 16.8 Å². The van der Waals surface area contributed by atoms with Gasteiger partial charge in [-0.3, -0.25) is 0 Å². The van der Waals surface area contributed by atoms with Gasteiger partial charge in [-0.1, -0.05) is 65.9 Å². The molecule has 5 rings (SSSR count). The molecule has 0 atom stereocenters. The van der Waals surface area contributed by atoms with E-state index in [2.05, 4.69) is 82.0 Å². The van der Waals surface area contributed by atoms with Crippen LogP contribution >= 0.6 is 0 Å². The molecule has 0 N–H and O–H groups in total. The van der Waals surface area contributed by atoms with Gasteiger partial charge in [-0.15, -0.1) is 5.10 Å². The van der Waals surface area contributed by atoms with Crippen LogP contribution in [0, 0.1) is 0 Å². The first kappa shape index (κ1) is 17.6. The van der Waals surface area contributed by atoms with Crippen LogP contribution in [0.5, 0.6) is 0 Å². The Balaban J connectivity index is 1.71. The summed E-state index contributed by atoms with van der Waals surface area (Å²) in [4.78, 5) is 2.37. The summed E-state index contributed by atoms with van der Waals surface area (Å²) in [5.41, 5.74) is 6.59. The topological polar surface area (TPSA) is 42.7 Å². The van der Waals surface area contributed by atoms with Crippen molar-refractivity contribution in [1.82, 2.24) is 14.8 Å². The molecule has 1 fully saturated rings. The van der Waals surface area contributed by atoms with Gasteiger partial charge in [0.05, 0.1) is 30.6 Å². The number of rotatable bonds is 4. The zero-order chi connectivity index (χ0) is 19.5. The van der Waals surface area contributed by atoms with Crippen molar-refractivity contribution in [2.45, 2.75) is 0 Å². The van der Waals surface area contributed by atoms with Gasteiger partial charge in [0, 0.05) is 24.4 Å². The summed E-state index contributed by atoms with van der Waals surface area (Å²) < 4.78 is 7.46. The van der Waals surface area contributed by atoms with Gasteiger partial charge in [0.2, 0.25) is 0 Å². The lowest BCUT2D eigenvalue weighted by atomic mass is 9.98. The molecule has 1 aliphatic rings. The summed E-state index contributed by atoms with van der Waals surface area (Å²) in [5, 5.41) is 8.55. The molecule has 0 bridgehead atoms. The zero-order valence-electron chi connectivity index (χ0n) is 16.1. The van der Waals surface area contributed by atoms with Crippen molar-refractivity contribution in [2.24, 2.45) is 0 Å². The van der Waals surface area contributed by atoms with E-state index < -0.39 is 0 Å². The molecular weight excluding hydrogens is 360 g/mol. The van der Waals surface area contributed by atoms with Gasteiger partial charge < -0.3 is 9.64 Å². The first-order valence-electron chi connectivity index (χ1n) is 9.88. The minimum atomic E-state index is 0.753. The van der Waals surface area contributed by atoms with Gasteiger partial charge in [-0.2, -0.15) is 0 Å². The van der Waals surface area contributed by atoms with Crippen molar-refractivity contribution in [1.29, 1.82) is 0 Å². The Bertz CT molecular complexity index is 1130. The summed E-state index contributed by atoms with van der Waals surface area (Å²) in [7, 11) is 0. The standard InChI is InChI=1S/C24H22N4O/c1-3-7-19(8-4-1)15-23(20-9-5-2-6-10-20)24-17-21(27-11-13-29-14-12-27)16-22-18-25-26-28(22)24/h1-10,15-18H,11-14H2/b23-15+. The maximum atomic E-state index is 5.54. The fraction of sp³-hybridized carbons (Fsp3) is 0.167. The van der Waals surface area contributed by atoms with E-state index in [-0.39, 0.29) is 0 Å². The second-order valence-electron chi connectivity index (χ2n) is 7.10. The summed E-state index contributed by atoms with van der Waals surface area (Å²) in [6.45, 7) is 3.29. The lowest BCUT2D eigenvalue weighted by Gasteiger charge is -2.29. The van der Waals surface area contributed by atoms with E-state index in [9.17, 15) is 0 Å². The highest BCUT2D eigenvalue weighted by Gasteiger charge is 2.17. The second-order valence-corrected chi connectivity index (χ2v) is 7.10. The Morgan fingerprint density at radius 2 is 1.62 bits per heavy atom. The Morgan fingerprint density at radius 1 is 0.897 bits per heavy atom. The molecule has 0 aliphatic carbocycles. The summed E-state index contributed by atoms with van der Waals surface area (Å²) in [6, 6.07) is 25.2. The van der Waals surface area contributed by atoms with Crippen LogP contribution in [0.25, 0.3) is 17.2 Å². The average Bonchev–Trinajstić information content (AvgIpc) is 3.28. The van der Waals surface area contributed by atoms with Crippen molar-refractivity contribution in [2.75, 3.05) is 31.2 Å². The largest absolute Gasteiger partial charge is 0.378 e. The van der Waals surface area contributed by atoms with Gasteiger partial charge in [0.25, 0.3) is 0 Å². The van der Waals surface area contributed by atoms with E-state index in [0.29, 0.717) is 0 Å². The van der Waals surface area contributed by atoms with Crippen molar-refractivity contribution in [3.8, 4) is 0 Å². The molecule has 1 aliphatic heterocycles. The van der Waals surface area contributed by atoms with Gasteiger partial charge in [-0.05, 0) is 29.3 Å². The number of morpholine rings is 1. The maximum Gasteiger partial charge on any atom is 0.0892 e. The number of hydrogen-bond donors (Lipinski definition) is 0. The van der Waals surface area contributed by atoms with Crippen molar-refractivity contribution < 1.29 is 4.74 Å². The molecule has 0 saturated carbocycles. The van der Waals surface area contributed by atoms with E-state index in [0.717, 1.165) is 54.2 Å². The number of hydrogen-bond acceptors (Lipinski definition) is 4. The Labute approximate surface area is 169 Å². The predicted molar refractivity (Wildman–Crippen MR) is 116 cm³/mol. The second kappa shape index (κ2) is 7.89. The van der Waals surface area contributed by atoms with Crippen LogP contribution in [0.2, 0.25) is 0 Å². The molecular formula is C24H22N4O. The molecule has 0 unspecified atom stereocenters. The van der Waals surface area contributed by atoms with E-state index in [1.165, 1.54) is 5.69 Å². The van der Waals surface area contributed by atoms with E-state index >= 15 is 0 Å². The SMILES string of the molecule is C(=C(/c1ccccc1)c1cc(N2CCOCC2)cc2cnnn12)/c1ccccc1. The molecule has 3 heterocycles. The molecule has 0 spiro atoms. The van der Waals surface area contributed by atoms with E-state index in [1.54, 1.807) is 0 Å². The highest BCUT2D eigenvalue weighted by Crippen LogP contribution is 2.30. The first-order chi connectivity index (χ1) is 14.4. The third-order valence-electron chi connectivity index (χ3n) is 5.23. The monoisotopic (exact) mass is 382 g/mol. The molecule has 4 aromatic rings. The number of aromatic nitrogens is 3. The smallest absolute Gasteiger partial charge is 0.0892 e. The van der Waals surface area contributed by atoms with Crippen LogP contribution in [0.4, 0.5) is 5.69 Å². The van der Waals surface area contributed by atoms with Crippen LogP contribution in [-0.2, 0) is 4.74 Å². The molecule has 5 nitrogen and oxygen atoms in total. The normalized spacial score (nSPS) is 15.0. The zero-order valence-corrected chi connectivity index (χ0v) is 16.1. The quantitative estimate of drug-likeness (QED) is 0.497. The third-order valence-corrected chi connectivity index (χ3v) is 5.23. The molecule has 1 saturated heterocycles. The van der Waals surface area contributed by atoms with Crippen LogP contribution in [0.3, 0.4) is 0 Å². The van der Waals surface area contributed by atoms with Crippen molar-refractivity contribution >= 4 is 22.9 Å². The van der Waals surface area contributed by atoms with E-state index in [4.69, 9.17) is 4.74 Å². The van der Waals surface area contributed by atoms with Crippen LogP contribution in [0.15, 0.2) is 79.0 Å². The number of anilines is 1. The molecule has 2 aromatic carbocycles. The van der Waals surface area contributed by atoms with Crippen molar-refractivity contribution in [3.63, 3.8) is 0 Å². The number of fused-ring (bicyclic) bond motifs is 1. The lowest BCUT2D eigenvalue weighted by Crippen LogP contribution is -2.36. The number of benzene rings is 2. The number of nitrogens with zero attached hydrogens (tertiary/aromatic N) is 4. The Hall–Kier alpha value is -3.44. The maximum absolute atomic E-state index is 5.54. The highest BCUT2D eigenvalue weighted by molar-refractivity contribution is 5.91. The van der Waals surface area contributed by atoms with Gasteiger partial charge in [0.1, 0.15) is 0 Å². The molecule has 144 valence electrons. The summed E-state index contributed by atoms with van der Waals surface area (Å²) in [5.74, 6) is 0. The fourth-order valence-electron chi connectivity index (χ4n) is 3.76. The molecule has 0 amide bonds. The molecule has 5 heteroatoms. The van der Waals surface area contributed by atoms with Gasteiger partial charge in [0.15, 0.2) is 0 Å². The molecule has 29 heavy (non-hydrogen) atoms. The molecule has 2 aromatic heterocycles. The number of pyridine rings is 1. The third kappa shape index (κ3) is 3.65. The average molecular weight is 382 g/mol. The van der Waals surface area contributed by atoms with Gasteiger partial charge >= 0.3 is 0 Å². The minimum Gasteiger partial charge on any atom is -0.378 e. The van der Waals surface area contributed by atoms with Crippen LogP contribution in [-0.4, -0.2) is 41.1 Å². The van der Waals surface area contributed by atoms with Crippen molar-refractivity contribution in [3.05, 3.63) is 95.8 Å². The summed E-state index contributed by atoms with van der Waals surface area (Å²) >= 11 is 0. The van der Waals surface area contributed by atoms with Crippen LogP contribution < -0.4 is 4.90 Å². The lowest BCUT2D eigenvalue weighted by molar-refractivity contribution is 0.122. The molecule has 0 radical (unpaired) electrons. The first-order valence-corrected chi connectivity index (χ1v) is 9.88. The number of ether oxygens (including phenoxy) is 1. The summed E-state index contributed by atoms with van der Waals surface area (Å²) in [6.07, 6.45) is 4.04. The predicted octanol–water partition coefficient (Wildman–Crippen LogP) is 4.15. The minimum absolute atomic E-state index is 0.753. The van der Waals surface area contributed by atoms with E-state index in [1.807, 2.05) is 22.8 Å². The van der Waals surface area contributed by atoms with Gasteiger partial charge in [-0.25, -0.2) is 4.52 Å². The fourth-order valence-corrected chi connectivity index (χ4v) is 3.76. The highest BCUT2D eigenvalue weighted by atomic mass is 16.5.